The summed E-state index contributed by atoms with van der Waals surface area (Å²) in [6.45, 7) is 0.900. The fourth-order valence-electron chi connectivity index (χ4n) is 4.66. The Hall–Kier alpha value is -1.46. The van der Waals surface area contributed by atoms with E-state index in [9.17, 15) is 4.79 Å². The zero-order valence-corrected chi connectivity index (χ0v) is 18.0. The van der Waals surface area contributed by atoms with Crippen LogP contribution in [0.1, 0.15) is 56.9 Å². The van der Waals surface area contributed by atoms with Gasteiger partial charge in [0.2, 0.25) is 5.91 Å². The molecule has 1 aromatic rings. The van der Waals surface area contributed by atoms with Crippen LogP contribution in [0, 0.1) is 5.92 Å². The first-order chi connectivity index (χ1) is 13.1. The maximum absolute atomic E-state index is 12.9. The van der Waals surface area contributed by atoms with Gasteiger partial charge in [-0.1, -0.05) is 12.5 Å². The molecule has 3 rings (SSSR count). The lowest BCUT2D eigenvalue weighted by molar-refractivity contribution is -0.136. The highest BCUT2D eigenvalue weighted by Crippen LogP contribution is 2.31. The monoisotopic (exact) mass is 410 g/mol. The third kappa shape index (κ3) is 5.54. The number of aryl methyl sites for hydroxylation is 1. The number of methoxy groups -OCH3 is 2. The van der Waals surface area contributed by atoms with Crippen LogP contribution >= 0.6 is 12.4 Å². The number of benzene rings is 1. The van der Waals surface area contributed by atoms with Gasteiger partial charge in [0.05, 0.1) is 14.2 Å². The summed E-state index contributed by atoms with van der Waals surface area (Å²) >= 11 is 0. The molecule has 0 bridgehead atoms. The van der Waals surface area contributed by atoms with Crippen LogP contribution < -0.4 is 15.2 Å². The Morgan fingerprint density at radius 3 is 2.57 bits per heavy atom. The predicted octanol–water partition coefficient (Wildman–Crippen LogP) is 3.96. The summed E-state index contributed by atoms with van der Waals surface area (Å²) in [4.78, 5) is 15.1. The van der Waals surface area contributed by atoms with Crippen molar-refractivity contribution in [1.29, 1.82) is 0 Å². The molecule has 0 spiro atoms. The molecule has 2 fully saturated rings. The number of amides is 1. The van der Waals surface area contributed by atoms with Gasteiger partial charge in [0, 0.05) is 25.0 Å². The first-order valence-corrected chi connectivity index (χ1v) is 10.4. The van der Waals surface area contributed by atoms with Crippen LogP contribution in [-0.2, 0) is 11.2 Å². The average molecular weight is 411 g/mol. The maximum Gasteiger partial charge on any atom is 0.223 e. The summed E-state index contributed by atoms with van der Waals surface area (Å²) in [6, 6.07) is 6.65. The summed E-state index contributed by atoms with van der Waals surface area (Å²) in [7, 11) is 3.32. The molecule has 1 saturated carbocycles. The number of likely N-dealkylation sites (tertiary alicyclic amines) is 1. The van der Waals surface area contributed by atoms with Gasteiger partial charge in [-0.05, 0) is 68.6 Å². The smallest absolute Gasteiger partial charge is 0.223 e. The normalized spacial score (nSPS) is 24.5. The SMILES string of the molecule is COc1ccc(CCC2CCCCN2C(=O)C[C@@H]2CCC[C@H]2N)cc1OC.Cl. The summed E-state index contributed by atoms with van der Waals surface area (Å²) in [5.74, 6) is 2.21. The van der Waals surface area contributed by atoms with E-state index in [4.69, 9.17) is 15.2 Å². The Bertz CT molecular complexity index is 640. The molecular weight excluding hydrogens is 376 g/mol. The van der Waals surface area contributed by atoms with E-state index >= 15 is 0 Å². The third-order valence-electron chi connectivity index (χ3n) is 6.32. The molecule has 0 aromatic heterocycles. The number of hydrogen-bond acceptors (Lipinski definition) is 4. The molecular formula is C22H35ClN2O3. The Kier molecular flexibility index (Phi) is 8.90. The summed E-state index contributed by atoms with van der Waals surface area (Å²) in [6.07, 6.45) is 9.36. The van der Waals surface area contributed by atoms with Crippen molar-refractivity contribution >= 4 is 18.3 Å². The molecule has 0 radical (unpaired) electrons. The molecule has 2 aliphatic rings. The number of piperidine rings is 1. The highest BCUT2D eigenvalue weighted by Gasteiger charge is 2.31. The number of nitrogens with zero attached hydrogens (tertiary/aromatic N) is 1. The minimum absolute atomic E-state index is 0. The topological polar surface area (TPSA) is 64.8 Å². The quantitative estimate of drug-likeness (QED) is 0.738. The Morgan fingerprint density at radius 1 is 1.11 bits per heavy atom. The van der Waals surface area contributed by atoms with Crippen LogP contribution in [0.2, 0.25) is 0 Å². The molecule has 1 heterocycles. The fraction of sp³-hybridized carbons (Fsp3) is 0.682. The van der Waals surface area contributed by atoms with Gasteiger partial charge in [0.15, 0.2) is 11.5 Å². The van der Waals surface area contributed by atoms with Crippen molar-refractivity contribution in [3.8, 4) is 11.5 Å². The van der Waals surface area contributed by atoms with E-state index in [-0.39, 0.29) is 18.4 Å². The van der Waals surface area contributed by atoms with Gasteiger partial charge in [-0.3, -0.25) is 4.79 Å². The molecule has 1 aliphatic heterocycles. The highest BCUT2D eigenvalue weighted by molar-refractivity contribution is 5.85. The Labute approximate surface area is 175 Å². The number of rotatable bonds is 7. The molecule has 1 aliphatic carbocycles. The minimum Gasteiger partial charge on any atom is -0.493 e. The van der Waals surface area contributed by atoms with Gasteiger partial charge in [-0.25, -0.2) is 0 Å². The lowest BCUT2D eigenvalue weighted by Crippen LogP contribution is -2.45. The number of carbonyl (C=O) groups excluding carboxylic acids is 1. The molecule has 1 aromatic carbocycles. The lowest BCUT2D eigenvalue weighted by atomic mass is 9.93. The maximum atomic E-state index is 12.9. The number of hydrogen-bond donors (Lipinski definition) is 1. The zero-order chi connectivity index (χ0) is 19.2. The van der Waals surface area contributed by atoms with Crippen molar-refractivity contribution in [2.24, 2.45) is 11.7 Å². The van der Waals surface area contributed by atoms with E-state index < -0.39 is 0 Å². The molecule has 3 atom stereocenters. The molecule has 6 heteroatoms. The molecule has 158 valence electrons. The standard InChI is InChI=1S/C22H34N2O3.ClH/c1-26-20-12-10-16(14-21(20)27-2)9-11-18-7-3-4-13-24(18)22(25)15-17-6-5-8-19(17)23;/h10,12,14,17-19H,3-9,11,13,15,23H2,1-2H3;1H/t17-,18?,19+;/m0./s1. The summed E-state index contributed by atoms with van der Waals surface area (Å²) in [5.41, 5.74) is 7.41. The van der Waals surface area contributed by atoms with E-state index in [1.165, 1.54) is 18.4 Å². The van der Waals surface area contributed by atoms with Crippen LogP contribution in [0.4, 0.5) is 0 Å². The van der Waals surface area contributed by atoms with Crippen LogP contribution in [0.5, 0.6) is 11.5 Å². The third-order valence-corrected chi connectivity index (χ3v) is 6.32. The summed E-state index contributed by atoms with van der Waals surface area (Å²) in [5, 5.41) is 0. The first kappa shape index (κ1) is 22.8. The second-order valence-electron chi connectivity index (χ2n) is 8.02. The van der Waals surface area contributed by atoms with E-state index in [0.29, 0.717) is 24.3 Å². The second kappa shape index (κ2) is 10.9. The van der Waals surface area contributed by atoms with Crippen molar-refractivity contribution in [2.45, 2.75) is 69.9 Å². The minimum atomic E-state index is 0. The first-order valence-electron chi connectivity index (χ1n) is 10.4. The Balaban J connectivity index is 0.00000280. The van der Waals surface area contributed by atoms with Crippen molar-refractivity contribution in [3.63, 3.8) is 0 Å². The Morgan fingerprint density at radius 2 is 1.89 bits per heavy atom. The van der Waals surface area contributed by atoms with Gasteiger partial charge in [0.25, 0.3) is 0 Å². The van der Waals surface area contributed by atoms with Gasteiger partial charge in [-0.15, -0.1) is 12.4 Å². The predicted molar refractivity (Wildman–Crippen MR) is 114 cm³/mol. The van der Waals surface area contributed by atoms with Crippen molar-refractivity contribution < 1.29 is 14.3 Å². The molecule has 1 amide bonds. The lowest BCUT2D eigenvalue weighted by Gasteiger charge is -2.37. The number of halogens is 1. The van der Waals surface area contributed by atoms with E-state index in [2.05, 4.69) is 11.0 Å². The van der Waals surface area contributed by atoms with Gasteiger partial charge >= 0.3 is 0 Å². The fourth-order valence-corrected chi connectivity index (χ4v) is 4.66. The molecule has 2 N–H and O–H groups in total. The number of nitrogens with two attached hydrogens (primary N) is 1. The van der Waals surface area contributed by atoms with Gasteiger partial charge < -0.3 is 20.1 Å². The van der Waals surface area contributed by atoms with E-state index in [1.807, 2.05) is 12.1 Å². The largest absolute Gasteiger partial charge is 0.493 e. The van der Waals surface area contributed by atoms with E-state index in [1.54, 1.807) is 14.2 Å². The van der Waals surface area contributed by atoms with Gasteiger partial charge in [0.1, 0.15) is 0 Å². The van der Waals surface area contributed by atoms with Crippen molar-refractivity contribution in [1.82, 2.24) is 4.90 Å². The van der Waals surface area contributed by atoms with Crippen LogP contribution in [0.3, 0.4) is 0 Å². The highest BCUT2D eigenvalue weighted by atomic mass is 35.5. The number of carbonyl (C=O) groups is 1. The summed E-state index contributed by atoms with van der Waals surface area (Å²) < 4.78 is 10.7. The molecule has 1 unspecified atom stereocenters. The second-order valence-corrected chi connectivity index (χ2v) is 8.02. The zero-order valence-electron chi connectivity index (χ0n) is 17.2. The van der Waals surface area contributed by atoms with Crippen molar-refractivity contribution in [2.75, 3.05) is 20.8 Å². The van der Waals surface area contributed by atoms with Crippen LogP contribution in [0.15, 0.2) is 18.2 Å². The van der Waals surface area contributed by atoms with Crippen LogP contribution in [-0.4, -0.2) is 43.7 Å². The number of ether oxygens (including phenoxy) is 2. The average Bonchev–Trinajstić information content (AvgIpc) is 3.10. The molecule has 1 saturated heterocycles. The van der Waals surface area contributed by atoms with Crippen molar-refractivity contribution in [3.05, 3.63) is 23.8 Å². The molecule has 28 heavy (non-hydrogen) atoms. The molecule has 5 nitrogen and oxygen atoms in total. The van der Waals surface area contributed by atoms with Crippen LogP contribution in [0.25, 0.3) is 0 Å². The van der Waals surface area contributed by atoms with Gasteiger partial charge in [-0.2, -0.15) is 0 Å². The van der Waals surface area contributed by atoms with E-state index in [0.717, 1.165) is 56.6 Å².